The lowest BCUT2D eigenvalue weighted by Gasteiger charge is -2.42. The molecule has 0 aromatic heterocycles. The van der Waals surface area contributed by atoms with Gasteiger partial charge in [-0.2, -0.15) is 13.2 Å². The lowest BCUT2D eigenvalue weighted by molar-refractivity contribution is -0.0378. The number of amides is 1. The average Bonchev–Trinajstić information content (AvgIpc) is 2.58. The Labute approximate surface area is 166 Å². The number of carbonyl (C=O) groups is 1. The minimum Gasteiger partial charge on any atom is -0.482 e. The van der Waals surface area contributed by atoms with Gasteiger partial charge in [0.1, 0.15) is 22.7 Å². The van der Waals surface area contributed by atoms with E-state index in [9.17, 15) is 18.0 Å². The Balaban J connectivity index is 1.76. The van der Waals surface area contributed by atoms with Crippen LogP contribution < -0.4 is 4.74 Å². The van der Waals surface area contributed by atoms with Crippen LogP contribution in [0.25, 0.3) is 5.76 Å². The van der Waals surface area contributed by atoms with Gasteiger partial charge >= 0.3 is 11.6 Å². The average molecular weight is 417 g/mol. The van der Waals surface area contributed by atoms with E-state index in [1.807, 2.05) is 0 Å². The van der Waals surface area contributed by atoms with E-state index in [0.717, 1.165) is 0 Å². The molecule has 154 valence electrons. The predicted octanol–water partition coefficient (Wildman–Crippen LogP) is 5.37. The number of hydrogen-bond donors (Lipinski definition) is 0. The molecule has 5 nitrogen and oxygen atoms in total. The van der Waals surface area contributed by atoms with Gasteiger partial charge in [0.25, 0.3) is 0 Å². The maximum atomic E-state index is 12.6. The van der Waals surface area contributed by atoms with E-state index in [1.54, 1.807) is 56.0 Å². The van der Waals surface area contributed by atoms with E-state index in [1.165, 1.54) is 0 Å². The van der Waals surface area contributed by atoms with Crippen LogP contribution in [0.2, 0.25) is 0 Å². The van der Waals surface area contributed by atoms with Crippen molar-refractivity contribution < 1.29 is 31.6 Å². The van der Waals surface area contributed by atoms with Crippen LogP contribution in [0.1, 0.15) is 39.2 Å². The Kier molecular flexibility index (Phi) is 5.49. The van der Waals surface area contributed by atoms with Crippen molar-refractivity contribution >= 4 is 23.9 Å². The molecule has 2 heterocycles. The molecular weight excluding hydrogens is 395 g/mol. The zero-order valence-corrected chi connectivity index (χ0v) is 16.7. The van der Waals surface area contributed by atoms with Crippen LogP contribution in [0.3, 0.4) is 0 Å². The number of carbonyl (C=O) groups excluding carboxylic acids is 1. The Bertz CT molecular complexity index is 765. The van der Waals surface area contributed by atoms with Crippen molar-refractivity contribution in [2.75, 3.05) is 13.1 Å². The minimum absolute atomic E-state index is 0.120. The Morgan fingerprint density at radius 3 is 2.43 bits per heavy atom. The number of para-hydroxylation sites is 1. The molecule has 3 rings (SSSR count). The molecule has 1 aromatic rings. The zero-order chi connectivity index (χ0) is 20.6. The van der Waals surface area contributed by atoms with Crippen molar-refractivity contribution in [3.05, 3.63) is 35.9 Å². The summed E-state index contributed by atoms with van der Waals surface area (Å²) in [5, 5.41) is 0. The highest BCUT2D eigenvalue weighted by Gasteiger charge is 2.42. The summed E-state index contributed by atoms with van der Waals surface area (Å²) in [6, 6.07) is 6.82. The van der Waals surface area contributed by atoms with Gasteiger partial charge in [-0.25, -0.2) is 4.79 Å². The normalized spacial score (nSPS) is 18.8. The number of likely N-dealkylation sites (tertiary alicyclic amines) is 1. The third kappa shape index (κ3) is 5.06. The fourth-order valence-electron chi connectivity index (χ4n) is 3.13. The third-order valence-electron chi connectivity index (χ3n) is 4.35. The lowest BCUT2D eigenvalue weighted by atomic mass is 9.87. The topological polar surface area (TPSA) is 48.0 Å². The van der Waals surface area contributed by atoms with Crippen LogP contribution in [0, 0.1) is 0 Å². The van der Waals surface area contributed by atoms with Gasteiger partial charge in [-0.3, -0.25) is 0 Å². The summed E-state index contributed by atoms with van der Waals surface area (Å²) in [5.41, 5.74) is -5.46. The molecule has 0 N–H and O–H groups in total. The van der Waals surface area contributed by atoms with E-state index < -0.39 is 34.8 Å². The number of alkyl halides is 3. The summed E-state index contributed by atoms with van der Waals surface area (Å²) in [5.74, 6) is 0.586. The third-order valence-corrected chi connectivity index (χ3v) is 4.80. The summed E-state index contributed by atoms with van der Waals surface area (Å²) < 4.78 is 54.4. The highest BCUT2D eigenvalue weighted by atomic mass is 32.2. The van der Waals surface area contributed by atoms with Gasteiger partial charge in [0.05, 0.1) is 5.56 Å². The van der Waals surface area contributed by atoms with Gasteiger partial charge in [0.15, 0.2) is 12.0 Å². The van der Waals surface area contributed by atoms with Crippen molar-refractivity contribution in [2.24, 2.45) is 0 Å². The number of piperidine rings is 1. The molecule has 1 spiro atoms. The molecule has 28 heavy (non-hydrogen) atoms. The number of halogens is 3. The Morgan fingerprint density at radius 2 is 1.82 bits per heavy atom. The van der Waals surface area contributed by atoms with Gasteiger partial charge in [0.2, 0.25) is 0 Å². The van der Waals surface area contributed by atoms with Crippen LogP contribution in [0.4, 0.5) is 18.0 Å². The number of ether oxygens (including phenoxy) is 2. The maximum Gasteiger partial charge on any atom is 0.479 e. The van der Waals surface area contributed by atoms with E-state index >= 15 is 0 Å². The lowest BCUT2D eigenvalue weighted by Crippen LogP contribution is -2.50. The number of benzene rings is 1. The smallest absolute Gasteiger partial charge is 0.479 e. The van der Waals surface area contributed by atoms with E-state index in [2.05, 4.69) is 0 Å². The standard InChI is InChI=1S/C19H22F3NO4S/c1-17(2,3)26-16(24)23-10-8-18(9-11-23)12-15(27-28-19(20,21)22)13-6-4-5-7-14(13)25-18/h4-7,12H,8-11H2,1-3H3. The van der Waals surface area contributed by atoms with Crippen LogP contribution >= 0.6 is 12.0 Å². The molecule has 0 atom stereocenters. The fourth-order valence-corrected chi connectivity index (χ4v) is 3.45. The molecule has 0 bridgehead atoms. The van der Waals surface area contributed by atoms with E-state index in [-0.39, 0.29) is 5.76 Å². The summed E-state index contributed by atoms with van der Waals surface area (Å²) in [7, 11) is 0. The van der Waals surface area contributed by atoms with Crippen molar-refractivity contribution in [3.63, 3.8) is 0 Å². The summed E-state index contributed by atoms with van der Waals surface area (Å²) >= 11 is -0.546. The minimum atomic E-state index is -4.51. The SMILES string of the molecule is CC(C)(C)OC(=O)N1CCC2(C=C(OSC(F)(F)F)c3ccccc3O2)CC1. The highest BCUT2D eigenvalue weighted by Crippen LogP contribution is 2.44. The number of rotatable bonds is 2. The molecule has 1 fully saturated rings. The second-order valence-corrected chi connectivity index (χ2v) is 8.55. The second-order valence-electron chi connectivity index (χ2n) is 7.75. The first-order valence-corrected chi connectivity index (χ1v) is 9.62. The highest BCUT2D eigenvalue weighted by molar-refractivity contribution is 7.95. The van der Waals surface area contributed by atoms with E-state index in [4.69, 9.17) is 13.7 Å². The molecule has 1 amide bonds. The van der Waals surface area contributed by atoms with Crippen LogP contribution in [0.5, 0.6) is 5.75 Å². The van der Waals surface area contributed by atoms with Gasteiger partial charge in [-0.15, -0.1) is 0 Å². The molecule has 0 unspecified atom stereocenters. The first-order valence-electron chi connectivity index (χ1n) is 8.88. The van der Waals surface area contributed by atoms with Crippen molar-refractivity contribution in [1.82, 2.24) is 4.90 Å². The number of nitrogens with zero attached hydrogens (tertiary/aromatic N) is 1. The Morgan fingerprint density at radius 1 is 1.18 bits per heavy atom. The molecule has 0 aliphatic carbocycles. The van der Waals surface area contributed by atoms with E-state index in [0.29, 0.717) is 37.2 Å². The number of hydrogen-bond acceptors (Lipinski definition) is 5. The molecule has 9 heteroatoms. The fraction of sp³-hybridized carbons (Fsp3) is 0.526. The van der Waals surface area contributed by atoms with Crippen LogP contribution in [-0.2, 0) is 8.92 Å². The largest absolute Gasteiger partial charge is 0.482 e. The quantitative estimate of drug-likeness (QED) is 0.605. The van der Waals surface area contributed by atoms with Crippen molar-refractivity contribution in [1.29, 1.82) is 0 Å². The van der Waals surface area contributed by atoms with Crippen molar-refractivity contribution in [2.45, 2.75) is 50.3 Å². The molecule has 0 radical (unpaired) electrons. The summed E-state index contributed by atoms with van der Waals surface area (Å²) in [4.78, 5) is 13.8. The summed E-state index contributed by atoms with van der Waals surface area (Å²) in [6.45, 7) is 6.12. The number of fused-ring (bicyclic) bond motifs is 1. The predicted molar refractivity (Wildman–Crippen MR) is 99.6 cm³/mol. The first-order chi connectivity index (χ1) is 13.0. The molecule has 1 aromatic carbocycles. The van der Waals surface area contributed by atoms with Gasteiger partial charge in [0, 0.05) is 32.0 Å². The summed E-state index contributed by atoms with van der Waals surface area (Å²) in [6.07, 6.45) is 2.03. The van der Waals surface area contributed by atoms with Gasteiger partial charge < -0.3 is 18.6 Å². The first kappa shape index (κ1) is 20.7. The Hall–Kier alpha value is -2.03. The second kappa shape index (κ2) is 7.42. The molecule has 2 aliphatic rings. The van der Waals surface area contributed by atoms with Gasteiger partial charge in [-0.05, 0) is 32.9 Å². The van der Waals surface area contributed by atoms with Gasteiger partial charge in [-0.1, -0.05) is 12.1 Å². The van der Waals surface area contributed by atoms with Crippen LogP contribution in [0.15, 0.2) is 30.3 Å². The molecule has 2 aliphatic heterocycles. The van der Waals surface area contributed by atoms with Crippen molar-refractivity contribution in [3.8, 4) is 5.75 Å². The molecule has 1 saturated heterocycles. The zero-order valence-electron chi connectivity index (χ0n) is 15.8. The maximum absolute atomic E-state index is 12.6. The molecular formula is C19H22F3NO4S. The van der Waals surface area contributed by atoms with Crippen LogP contribution in [-0.4, -0.2) is 40.8 Å². The monoisotopic (exact) mass is 417 g/mol. The molecule has 0 saturated carbocycles.